The van der Waals surface area contributed by atoms with Crippen LogP contribution < -0.4 is 5.32 Å². The molecule has 1 atom stereocenters. The highest BCUT2D eigenvalue weighted by Crippen LogP contribution is 2.40. The largest absolute Gasteiger partial charge is 0.385 e. The van der Waals surface area contributed by atoms with Crippen LogP contribution in [0.1, 0.15) is 51.4 Å². The summed E-state index contributed by atoms with van der Waals surface area (Å²) in [7, 11) is 1.81. The van der Waals surface area contributed by atoms with E-state index < -0.39 is 0 Å². The van der Waals surface area contributed by atoms with Crippen LogP contribution in [0.2, 0.25) is 0 Å². The van der Waals surface area contributed by atoms with Gasteiger partial charge in [0.1, 0.15) is 0 Å². The van der Waals surface area contributed by atoms with Crippen molar-refractivity contribution in [3.05, 3.63) is 0 Å². The molecule has 1 unspecified atom stereocenters. The van der Waals surface area contributed by atoms with E-state index in [9.17, 15) is 0 Å². The van der Waals surface area contributed by atoms with E-state index in [1.807, 2.05) is 7.11 Å². The first-order chi connectivity index (χ1) is 9.33. The third-order valence-electron chi connectivity index (χ3n) is 5.43. The Morgan fingerprint density at radius 3 is 2.68 bits per heavy atom. The summed E-state index contributed by atoms with van der Waals surface area (Å²) in [5, 5.41) is 3.93. The van der Waals surface area contributed by atoms with Gasteiger partial charge in [-0.05, 0) is 51.0 Å². The summed E-state index contributed by atoms with van der Waals surface area (Å²) >= 11 is 0. The van der Waals surface area contributed by atoms with Crippen LogP contribution in [0, 0.1) is 5.92 Å². The zero-order valence-corrected chi connectivity index (χ0v) is 12.5. The van der Waals surface area contributed by atoms with Crippen LogP contribution in [0.3, 0.4) is 0 Å². The van der Waals surface area contributed by atoms with Crippen LogP contribution in [0.25, 0.3) is 0 Å². The number of hydrogen-bond acceptors (Lipinski definition) is 3. The Bertz CT molecular complexity index is 284. The summed E-state index contributed by atoms with van der Waals surface area (Å²) in [4.78, 5) is 2.83. The van der Waals surface area contributed by atoms with Crippen molar-refractivity contribution in [2.24, 2.45) is 5.92 Å². The Morgan fingerprint density at radius 1 is 1.21 bits per heavy atom. The predicted molar refractivity (Wildman–Crippen MR) is 78.4 cm³/mol. The van der Waals surface area contributed by atoms with Gasteiger partial charge in [0.05, 0.1) is 0 Å². The molecule has 1 spiro atoms. The smallest absolute Gasteiger partial charge is 0.0462 e. The molecular formula is C16H30N2O. The Kier molecular flexibility index (Phi) is 4.45. The second-order valence-electron chi connectivity index (χ2n) is 6.94. The number of nitrogens with zero attached hydrogens (tertiary/aromatic N) is 1. The second-order valence-corrected chi connectivity index (χ2v) is 6.94. The molecule has 3 heteroatoms. The highest BCUT2D eigenvalue weighted by molar-refractivity contribution is 5.03. The third kappa shape index (κ3) is 3.32. The summed E-state index contributed by atoms with van der Waals surface area (Å²) < 4.78 is 5.18. The zero-order chi connectivity index (χ0) is 13.1. The van der Waals surface area contributed by atoms with Crippen molar-refractivity contribution in [2.45, 2.75) is 62.9 Å². The van der Waals surface area contributed by atoms with Gasteiger partial charge in [-0.1, -0.05) is 12.8 Å². The fraction of sp³-hybridized carbons (Fsp3) is 1.00. The van der Waals surface area contributed by atoms with E-state index in [1.54, 1.807) is 0 Å². The Morgan fingerprint density at radius 2 is 2.00 bits per heavy atom. The van der Waals surface area contributed by atoms with E-state index in [4.69, 9.17) is 4.74 Å². The number of unbranched alkanes of at least 4 members (excludes halogenated alkanes) is 1. The van der Waals surface area contributed by atoms with Gasteiger partial charge in [-0.15, -0.1) is 0 Å². The maximum absolute atomic E-state index is 5.18. The summed E-state index contributed by atoms with van der Waals surface area (Å²) in [6.07, 6.45) is 11.1. The zero-order valence-electron chi connectivity index (χ0n) is 12.5. The molecule has 1 N–H and O–H groups in total. The molecule has 2 aliphatic carbocycles. The van der Waals surface area contributed by atoms with Gasteiger partial charge in [-0.25, -0.2) is 0 Å². The summed E-state index contributed by atoms with van der Waals surface area (Å²) in [6.45, 7) is 4.76. The lowest BCUT2D eigenvalue weighted by Gasteiger charge is -2.47. The van der Waals surface area contributed by atoms with Crippen molar-refractivity contribution < 1.29 is 4.74 Å². The Labute approximate surface area is 118 Å². The standard InChI is InChI=1S/C16H30N2O/c1-19-11-5-4-10-18-13-16(8-2-3-9-16)17-12-15(18)14-6-7-14/h14-15,17H,2-13H2,1H3. The molecule has 0 aromatic heterocycles. The quantitative estimate of drug-likeness (QED) is 0.747. The number of methoxy groups -OCH3 is 1. The van der Waals surface area contributed by atoms with E-state index in [0.717, 1.165) is 18.6 Å². The van der Waals surface area contributed by atoms with Gasteiger partial charge in [0.15, 0.2) is 0 Å². The van der Waals surface area contributed by atoms with Crippen molar-refractivity contribution in [3.8, 4) is 0 Å². The normalized spacial score (nSPS) is 31.1. The number of piperazine rings is 1. The molecule has 3 fully saturated rings. The number of nitrogens with one attached hydrogen (secondary N) is 1. The second kappa shape index (κ2) is 6.11. The maximum Gasteiger partial charge on any atom is 0.0462 e. The van der Waals surface area contributed by atoms with Crippen LogP contribution in [-0.4, -0.2) is 49.8 Å². The van der Waals surface area contributed by atoms with Gasteiger partial charge >= 0.3 is 0 Å². The lowest BCUT2D eigenvalue weighted by molar-refractivity contribution is 0.0655. The molecule has 110 valence electrons. The molecule has 2 saturated carbocycles. The van der Waals surface area contributed by atoms with E-state index in [1.165, 1.54) is 71.0 Å². The molecule has 0 aromatic rings. The highest BCUT2D eigenvalue weighted by atomic mass is 16.5. The monoisotopic (exact) mass is 266 g/mol. The van der Waals surface area contributed by atoms with Gasteiger partial charge < -0.3 is 10.1 Å². The molecule has 1 heterocycles. The van der Waals surface area contributed by atoms with Crippen LogP contribution in [0.5, 0.6) is 0 Å². The van der Waals surface area contributed by atoms with E-state index >= 15 is 0 Å². The first-order valence-electron chi connectivity index (χ1n) is 8.31. The molecular weight excluding hydrogens is 236 g/mol. The molecule has 0 amide bonds. The Balaban J connectivity index is 1.54. The fourth-order valence-electron chi connectivity index (χ4n) is 4.15. The highest BCUT2D eigenvalue weighted by Gasteiger charge is 2.45. The molecule has 0 aromatic carbocycles. The van der Waals surface area contributed by atoms with Crippen LogP contribution in [0.15, 0.2) is 0 Å². The van der Waals surface area contributed by atoms with Crippen molar-refractivity contribution in [1.29, 1.82) is 0 Å². The number of ether oxygens (including phenoxy) is 1. The van der Waals surface area contributed by atoms with Crippen LogP contribution in [-0.2, 0) is 4.74 Å². The van der Waals surface area contributed by atoms with Gasteiger partial charge in [0.25, 0.3) is 0 Å². The lowest BCUT2D eigenvalue weighted by Crippen LogP contribution is -2.63. The molecule has 1 saturated heterocycles. The molecule has 0 bridgehead atoms. The van der Waals surface area contributed by atoms with Gasteiger partial charge in [-0.3, -0.25) is 4.90 Å². The first-order valence-corrected chi connectivity index (χ1v) is 8.31. The van der Waals surface area contributed by atoms with Gasteiger partial charge in [0, 0.05) is 38.4 Å². The number of rotatable bonds is 6. The molecule has 3 aliphatic rings. The van der Waals surface area contributed by atoms with E-state index in [0.29, 0.717) is 5.54 Å². The van der Waals surface area contributed by atoms with Crippen LogP contribution >= 0.6 is 0 Å². The fourth-order valence-corrected chi connectivity index (χ4v) is 4.15. The van der Waals surface area contributed by atoms with Gasteiger partial charge in [-0.2, -0.15) is 0 Å². The van der Waals surface area contributed by atoms with Gasteiger partial charge in [0.2, 0.25) is 0 Å². The average Bonchev–Trinajstić information content (AvgIpc) is 3.17. The summed E-state index contributed by atoms with van der Waals surface area (Å²) in [6, 6.07) is 0.828. The minimum atomic E-state index is 0.479. The number of hydrogen-bond donors (Lipinski definition) is 1. The minimum Gasteiger partial charge on any atom is -0.385 e. The molecule has 1 aliphatic heterocycles. The summed E-state index contributed by atoms with van der Waals surface area (Å²) in [5.41, 5.74) is 0.479. The Hall–Kier alpha value is -0.120. The SMILES string of the molecule is COCCCCN1CC2(CCCC2)NCC1C1CC1. The lowest BCUT2D eigenvalue weighted by atomic mass is 9.91. The van der Waals surface area contributed by atoms with Crippen LogP contribution in [0.4, 0.5) is 0 Å². The topological polar surface area (TPSA) is 24.5 Å². The molecule has 19 heavy (non-hydrogen) atoms. The molecule has 0 radical (unpaired) electrons. The first kappa shape index (κ1) is 13.8. The maximum atomic E-state index is 5.18. The van der Waals surface area contributed by atoms with Crippen molar-refractivity contribution in [2.75, 3.05) is 33.4 Å². The minimum absolute atomic E-state index is 0.479. The van der Waals surface area contributed by atoms with E-state index in [2.05, 4.69) is 10.2 Å². The average molecular weight is 266 g/mol. The molecule has 3 rings (SSSR count). The van der Waals surface area contributed by atoms with Crippen molar-refractivity contribution >= 4 is 0 Å². The molecule has 3 nitrogen and oxygen atoms in total. The predicted octanol–water partition coefficient (Wildman–Crippen LogP) is 2.41. The van der Waals surface area contributed by atoms with Crippen molar-refractivity contribution in [3.63, 3.8) is 0 Å². The van der Waals surface area contributed by atoms with E-state index in [-0.39, 0.29) is 0 Å². The van der Waals surface area contributed by atoms with Crippen molar-refractivity contribution in [1.82, 2.24) is 10.2 Å². The third-order valence-corrected chi connectivity index (χ3v) is 5.43. The summed E-state index contributed by atoms with van der Waals surface area (Å²) in [5.74, 6) is 0.994.